The molecule has 0 bridgehead atoms. The third-order valence-electron chi connectivity index (χ3n) is 3.80. The van der Waals surface area contributed by atoms with Gasteiger partial charge in [-0.25, -0.2) is 0 Å². The Morgan fingerprint density at radius 1 is 1.22 bits per heavy atom. The van der Waals surface area contributed by atoms with E-state index >= 15 is 0 Å². The molecule has 0 radical (unpaired) electrons. The van der Waals surface area contributed by atoms with Crippen LogP contribution in [0.2, 0.25) is 0 Å². The molecule has 0 aliphatic carbocycles. The minimum Gasteiger partial charge on any atom is -0.396 e. The number of nitrogens with two attached hydrogens (primary N) is 1. The SMILES string of the molecule is NC1(CCO)CCCCN(Cc2ccccc2)C1. The van der Waals surface area contributed by atoms with E-state index in [-0.39, 0.29) is 12.1 Å². The summed E-state index contributed by atoms with van der Waals surface area (Å²) in [6, 6.07) is 10.5. The van der Waals surface area contributed by atoms with Gasteiger partial charge in [-0.05, 0) is 31.4 Å². The fraction of sp³-hybridized carbons (Fsp3) is 0.600. The Hall–Kier alpha value is -0.900. The smallest absolute Gasteiger partial charge is 0.0449 e. The number of benzene rings is 1. The van der Waals surface area contributed by atoms with Gasteiger partial charge in [-0.3, -0.25) is 4.90 Å². The van der Waals surface area contributed by atoms with Crippen molar-refractivity contribution in [3.63, 3.8) is 0 Å². The third-order valence-corrected chi connectivity index (χ3v) is 3.80. The molecular formula is C15H24N2O. The molecule has 2 rings (SSSR count). The first-order valence-corrected chi connectivity index (χ1v) is 6.88. The Morgan fingerprint density at radius 2 is 2.00 bits per heavy atom. The summed E-state index contributed by atoms with van der Waals surface area (Å²) in [5.74, 6) is 0. The van der Waals surface area contributed by atoms with Crippen LogP contribution < -0.4 is 5.73 Å². The van der Waals surface area contributed by atoms with Crippen LogP contribution in [0.25, 0.3) is 0 Å². The number of aliphatic hydroxyl groups excluding tert-OH is 1. The summed E-state index contributed by atoms with van der Waals surface area (Å²) < 4.78 is 0. The number of rotatable bonds is 4. The predicted molar refractivity (Wildman–Crippen MR) is 74.2 cm³/mol. The highest BCUT2D eigenvalue weighted by Crippen LogP contribution is 2.22. The first-order valence-electron chi connectivity index (χ1n) is 6.88. The molecule has 1 aromatic rings. The second-order valence-electron chi connectivity index (χ2n) is 5.49. The summed E-state index contributed by atoms with van der Waals surface area (Å²) in [7, 11) is 0. The zero-order chi connectivity index (χ0) is 12.8. The Kier molecular flexibility index (Phi) is 4.75. The lowest BCUT2D eigenvalue weighted by atomic mass is 9.91. The van der Waals surface area contributed by atoms with Gasteiger partial charge < -0.3 is 10.8 Å². The van der Waals surface area contributed by atoms with Gasteiger partial charge in [0.15, 0.2) is 0 Å². The van der Waals surface area contributed by atoms with Crippen molar-refractivity contribution in [2.75, 3.05) is 19.7 Å². The maximum Gasteiger partial charge on any atom is 0.0449 e. The van der Waals surface area contributed by atoms with Crippen LogP contribution in [0, 0.1) is 0 Å². The first kappa shape index (κ1) is 13.5. The number of hydrogen-bond donors (Lipinski definition) is 2. The van der Waals surface area contributed by atoms with E-state index in [9.17, 15) is 0 Å². The van der Waals surface area contributed by atoms with Crippen molar-refractivity contribution in [3.8, 4) is 0 Å². The molecule has 1 aliphatic heterocycles. The molecule has 1 unspecified atom stereocenters. The standard InChI is InChI=1S/C15H24N2O/c16-15(9-11-18)8-4-5-10-17(13-15)12-14-6-2-1-3-7-14/h1-3,6-7,18H,4-5,8-13,16H2. The molecule has 3 N–H and O–H groups in total. The number of likely N-dealkylation sites (tertiary alicyclic amines) is 1. The van der Waals surface area contributed by atoms with E-state index in [4.69, 9.17) is 10.8 Å². The topological polar surface area (TPSA) is 49.5 Å². The second kappa shape index (κ2) is 6.32. The number of nitrogens with zero attached hydrogens (tertiary/aromatic N) is 1. The number of aliphatic hydroxyl groups is 1. The fourth-order valence-electron chi connectivity index (χ4n) is 2.82. The molecule has 0 saturated carbocycles. The van der Waals surface area contributed by atoms with E-state index in [1.54, 1.807) is 0 Å². The highest BCUT2D eigenvalue weighted by atomic mass is 16.3. The lowest BCUT2D eigenvalue weighted by molar-refractivity contribution is 0.177. The molecule has 1 aromatic carbocycles. The average molecular weight is 248 g/mol. The zero-order valence-corrected chi connectivity index (χ0v) is 11.0. The summed E-state index contributed by atoms with van der Waals surface area (Å²) in [5, 5.41) is 9.15. The highest BCUT2D eigenvalue weighted by molar-refractivity contribution is 5.14. The van der Waals surface area contributed by atoms with Crippen LogP contribution in [0.4, 0.5) is 0 Å². The zero-order valence-electron chi connectivity index (χ0n) is 11.0. The predicted octanol–water partition coefficient (Wildman–Crippen LogP) is 1.75. The average Bonchev–Trinajstić information content (AvgIpc) is 2.53. The molecular weight excluding hydrogens is 224 g/mol. The molecule has 0 spiro atoms. The van der Waals surface area contributed by atoms with Crippen molar-refractivity contribution in [3.05, 3.63) is 35.9 Å². The molecule has 1 aliphatic rings. The van der Waals surface area contributed by atoms with Gasteiger partial charge in [-0.15, -0.1) is 0 Å². The van der Waals surface area contributed by atoms with Gasteiger partial charge in [0.05, 0.1) is 0 Å². The van der Waals surface area contributed by atoms with Crippen LogP contribution in [0.15, 0.2) is 30.3 Å². The minimum atomic E-state index is -0.208. The summed E-state index contributed by atoms with van der Waals surface area (Å²) in [4.78, 5) is 2.43. The van der Waals surface area contributed by atoms with Crippen molar-refractivity contribution < 1.29 is 5.11 Å². The van der Waals surface area contributed by atoms with Gasteiger partial charge >= 0.3 is 0 Å². The highest BCUT2D eigenvalue weighted by Gasteiger charge is 2.29. The van der Waals surface area contributed by atoms with E-state index in [0.29, 0.717) is 6.42 Å². The van der Waals surface area contributed by atoms with Gasteiger partial charge in [0.1, 0.15) is 0 Å². The fourth-order valence-corrected chi connectivity index (χ4v) is 2.82. The summed E-state index contributed by atoms with van der Waals surface area (Å²) >= 11 is 0. The third kappa shape index (κ3) is 3.80. The summed E-state index contributed by atoms with van der Waals surface area (Å²) in [5.41, 5.74) is 7.54. The summed E-state index contributed by atoms with van der Waals surface area (Å²) in [6.45, 7) is 3.16. The van der Waals surface area contributed by atoms with Crippen molar-refractivity contribution >= 4 is 0 Å². The molecule has 1 saturated heterocycles. The molecule has 1 atom stereocenters. The van der Waals surface area contributed by atoms with Crippen LogP contribution in [-0.4, -0.2) is 35.2 Å². The van der Waals surface area contributed by atoms with Crippen molar-refractivity contribution in [2.45, 2.75) is 37.8 Å². The second-order valence-corrected chi connectivity index (χ2v) is 5.49. The molecule has 3 nitrogen and oxygen atoms in total. The van der Waals surface area contributed by atoms with Gasteiger partial charge in [0.2, 0.25) is 0 Å². The lowest BCUT2D eigenvalue weighted by Gasteiger charge is -2.32. The van der Waals surface area contributed by atoms with Crippen LogP contribution in [-0.2, 0) is 6.54 Å². The maximum atomic E-state index is 9.15. The van der Waals surface area contributed by atoms with Crippen LogP contribution in [0.3, 0.4) is 0 Å². The van der Waals surface area contributed by atoms with Gasteiger partial charge in [0.25, 0.3) is 0 Å². The molecule has 3 heteroatoms. The molecule has 1 heterocycles. The quantitative estimate of drug-likeness (QED) is 0.853. The Balaban J connectivity index is 1.99. The Bertz CT molecular complexity index is 355. The van der Waals surface area contributed by atoms with Crippen LogP contribution >= 0.6 is 0 Å². The number of hydrogen-bond acceptors (Lipinski definition) is 3. The Labute approximate surface area is 110 Å². The lowest BCUT2D eigenvalue weighted by Crippen LogP contribution is -2.49. The van der Waals surface area contributed by atoms with Gasteiger partial charge in [-0.1, -0.05) is 36.8 Å². The van der Waals surface area contributed by atoms with E-state index in [1.165, 1.54) is 18.4 Å². The molecule has 1 fully saturated rings. The molecule has 100 valence electrons. The first-order chi connectivity index (χ1) is 8.72. The van der Waals surface area contributed by atoms with E-state index < -0.39 is 0 Å². The van der Waals surface area contributed by atoms with Crippen LogP contribution in [0.5, 0.6) is 0 Å². The minimum absolute atomic E-state index is 0.190. The maximum absolute atomic E-state index is 9.15. The monoisotopic (exact) mass is 248 g/mol. The van der Waals surface area contributed by atoms with Gasteiger partial charge in [0, 0.05) is 25.2 Å². The molecule has 0 aromatic heterocycles. The van der Waals surface area contributed by atoms with E-state index in [2.05, 4.69) is 29.2 Å². The molecule has 0 amide bonds. The van der Waals surface area contributed by atoms with Crippen molar-refractivity contribution in [1.29, 1.82) is 0 Å². The van der Waals surface area contributed by atoms with Crippen LogP contribution in [0.1, 0.15) is 31.2 Å². The van der Waals surface area contributed by atoms with E-state index in [0.717, 1.165) is 26.1 Å². The largest absolute Gasteiger partial charge is 0.396 e. The van der Waals surface area contributed by atoms with E-state index in [1.807, 2.05) is 6.07 Å². The van der Waals surface area contributed by atoms with Gasteiger partial charge in [-0.2, -0.15) is 0 Å². The molecule has 18 heavy (non-hydrogen) atoms. The van der Waals surface area contributed by atoms with Crippen molar-refractivity contribution in [1.82, 2.24) is 4.90 Å². The van der Waals surface area contributed by atoms with Crippen molar-refractivity contribution in [2.24, 2.45) is 5.73 Å². The summed E-state index contributed by atoms with van der Waals surface area (Å²) in [6.07, 6.45) is 4.11. The Morgan fingerprint density at radius 3 is 2.72 bits per heavy atom. The normalized spacial score (nSPS) is 25.9.